The molecule has 0 aliphatic carbocycles. The van der Waals surface area contributed by atoms with E-state index in [1.807, 2.05) is 13.0 Å². The second-order valence-electron chi connectivity index (χ2n) is 4.34. The molecule has 3 nitrogen and oxygen atoms in total. The number of rotatable bonds is 5. The van der Waals surface area contributed by atoms with Gasteiger partial charge in [0.2, 0.25) is 0 Å². The minimum absolute atomic E-state index is 0.534. The molecular weight excluding hydrogens is 176 g/mol. The van der Waals surface area contributed by atoms with E-state index < -0.39 is 0 Å². The molecule has 0 spiro atoms. The minimum Gasteiger partial charge on any atom is -0.361 e. The minimum atomic E-state index is 0.534. The van der Waals surface area contributed by atoms with E-state index in [2.05, 4.69) is 31.2 Å². The lowest BCUT2D eigenvalue weighted by Crippen LogP contribution is -2.26. The molecule has 1 atom stereocenters. The fourth-order valence-electron chi connectivity index (χ4n) is 1.57. The van der Waals surface area contributed by atoms with E-state index in [9.17, 15) is 0 Å². The number of hydrogen-bond donors (Lipinski definition) is 1. The highest BCUT2D eigenvalue weighted by Gasteiger charge is 2.05. The standard InChI is InChI=1S/C11H20N2O/c1-8(2)5-9(3)12-7-11-6-10(4)14-13-11/h6,8-9,12H,5,7H2,1-4H3. The van der Waals surface area contributed by atoms with E-state index in [4.69, 9.17) is 4.52 Å². The van der Waals surface area contributed by atoms with Crippen molar-refractivity contribution in [3.8, 4) is 0 Å². The zero-order valence-electron chi connectivity index (χ0n) is 9.50. The average Bonchev–Trinajstić information content (AvgIpc) is 2.47. The van der Waals surface area contributed by atoms with E-state index in [0.29, 0.717) is 6.04 Å². The van der Waals surface area contributed by atoms with Gasteiger partial charge >= 0.3 is 0 Å². The predicted molar refractivity (Wildman–Crippen MR) is 57.0 cm³/mol. The molecule has 0 saturated carbocycles. The molecule has 0 aliphatic heterocycles. The Bertz CT molecular complexity index is 268. The van der Waals surface area contributed by atoms with Crippen molar-refractivity contribution in [1.29, 1.82) is 0 Å². The normalized spacial score (nSPS) is 13.5. The van der Waals surface area contributed by atoms with Crippen molar-refractivity contribution in [2.45, 2.75) is 46.7 Å². The van der Waals surface area contributed by atoms with Crippen molar-refractivity contribution in [2.75, 3.05) is 0 Å². The van der Waals surface area contributed by atoms with Crippen LogP contribution in [0.15, 0.2) is 10.6 Å². The van der Waals surface area contributed by atoms with Gasteiger partial charge in [-0.2, -0.15) is 0 Å². The molecule has 1 aromatic heterocycles. The maximum atomic E-state index is 4.99. The summed E-state index contributed by atoms with van der Waals surface area (Å²) in [7, 11) is 0. The molecule has 0 aromatic carbocycles. The molecule has 1 unspecified atom stereocenters. The van der Waals surface area contributed by atoms with Crippen LogP contribution in [0.5, 0.6) is 0 Å². The molecule has 80 valence electrons. The third kappa shape index (κ3) is 3.92. The maximum absolute atomic E-state index is 4.99. The highest BCUT2D eigenvalue weighted by molar-refractivity contribution is 5.02. The molecule has 3 heteroatoms. The van der Waals surface area contributed by atoms with Crippen molar-refractivity contribution >= 4 is 0 Å². The lowest BCUT2D eigenvalue weighted by Gasteiger charge is -2.14. The van der Waals surface area contributed by atoms with Crippen molar-refractivity contribution in [3.63, 3.8) is 0 Å². The molecule has 0 amide bonds. The predicted octanol–water partition coefficient (Wildman–Crippen LogP) is 2.51. The van der Waals surface area contributed by atoms with Gasteiger partial charge in [0, 0.05) is 18.7 Å². The Kier molecular flexibility index (Phi) is 4.14. The van der Waals surface area contributed by atoms with Crippen molar-refractivity contribution < 1.29 is 4.52 Å². The van der Waals surface area contributed by atoms with Gasteiger partial charge in [0.25, 0.3) is 0 Å². The molecule has 0 radical (unpaired) electrons. The Morgan fingerprint density at radius 2 is 2.14 bits per heavy atom. The Balaban J connectivity index is 2.26. The molecule has 0 aliphatic rings. The van der Waals surface area contributed by atoms with Crippen LogP contribution in [-0.2, 0) is 6.54 Å². The first kappa shape index (κ1) is 11.2. The summed E-state index contributed by atoms with van der Waals surface area (Å²) in [4.78, 5) is 0. The summed E-state index contributed by atoms with van der Waals surface area (Å²) in [6, 6.07) is 2.50. The van der Waals surface area contributed by atoms with Crippen LogP contribution in [0.1, 0.15) is 38.6 Å². The van der Waals surface area contributed by atoms with Crippen LogP contribution in [0.2, 0.25) is 0 Å². The maximum Gasteiger partial charge on any atom is 0.133 e. The van der Waals surface area contributed by atoms with Gasteiger partial charge in [0.15, 0.2) is 0 Å². The Hall–Kier alpha value is -0.830. The van der Waals surface area contributed by atoms with Gasteiger partial charge in [-0.3, -0.25) is 0 Å². The first-order chi connectivity index (χ1) is 6.58. The number of nitrogens with one attached hydrogen (secondary N) is 1. The third-order valence-electron chi connectivity index (χ3n) is 2.13. The summed E-state index contributed by atoms with van der Waals surface area (Å²) in [5, 5.41) is 7.35. The Morgan fingerprint density at radius 1 is 1.43 bits per heavy atom. The highest BCUT2D eigenvalue weighted by Crippen LogP contribution is 2.05. The van der Waals surface area contributed by atoms with Crippen LogP contribution in [0.3, 0.4) is 0 Å². The second kappa shape index (κ2) is 5.15. The fourth-order valence-corrected chi connectivity index (χ4v) is 1.57. The van der Waals surface area contributed by atoms with Gasteiger partial charge in [0.1, 0.15) is 5.76 Å². The van der Waals surface area contributed by atoms with Crippen LogP contribution < -0.4 is 5.32 Å². The Labute approximate surface area is 85.9 Å². The Morgan fingerprint density at radius 3 is 2.64 bits per heavy atom. The molecule has 0 bridgehead atoms. The lowest BCUT2D eigenvalue weighted by molar-refractivity contribution is 0.381. The van der Waals surface area contributed by atoms with Crippen LogP contribution in [-0.4, -0.2) is 11.2 Å². The molecular formula is C11H20N2O. The van der Waals surface area contributed by atoms with Gasteiger partial charge < -0.3 is 9.84 Å². The van der Waals surface area contributed by atoms with Gasteiger partial charge in [-0.25, -0.2) is 0 Å². The van der Waals surface area contributed by atoms with Crippen LogP contribution in [0.25, 0.3) is 0 Å². The summed E-state index contributed by atoms with van der Waals surface area (Å²) in [5.41, 5.74) is 0.984. The smallest absolute Gasteiger partial charge is 0.133 e. The van der Waals surface area contributed by atoms with Crippen LogP contribution >= 0.6 is 0 Å². The first-order valence-electron chi connectivity index (χ1n) is 5.23. The average molecular weight is 196 g/mol. The third-order valence-corrected chi connectivity index (χ3v) is 2.13. The lowest BCUT2D eigenvalue weighted by atomic mass is 10.1. The molecule has 0 saturated heterocycles. The number of aromatic nitrogens is 1. The van der Waals surface area contributed by atoms with E-state index in [-0.39, 0.29) is 0 Å². The molecule has 1 N–H and O–H groups in total. The van der Waals surface area contributed by atoms with Gasteiger partial charge in [-0.15, -0.1) is 0 Å². The van der Waals surface area contributed by atoms with Gasteiger partial charge in [-0.1, -0.05) is 19.0 Å². The van der Waals surface area contributed by atoms with E-state index >= 15 is 0 Å². The molecule has 1 aromatic rings. The van der Waals surface area contributed by atoms with Gasteiger partial charge in [-0.05, 0) is 26.2 Å². The van der Waals surface area contributed by atoms with Gasteiger partial charge in [0.05, 0.1) is 5.69 Å². The quantitative estimate of drug-likeness (QED) is 0.786. The molecule has 0 fully saturated rings. The van der Waals surface area contributed by atoms with Crippen molar-refractivity contribution in [1.82, 2.24) is 10.5 Å². The fraction of sp³-hybridized carbons (Fsp3) is 0.727. The summed E-state index contributed by atoms with van der Waals surface area (Å²) in [5.74, 6) is 1.61. The highest BCUT2D eigenvalue weighted by atomic mass is 16.5. The zero-order chi connectivity index (χ0) is 10.6. The van der Waals surface area contributed by atoms with E-state index in [1.165, 1.54) is 6.42 Å². The molecule has 14 heavy (non-hydrogen) atoms. The summed E-state index contributed by atoms with van der Waals surface area (Å²) in [6.45, 7) is 9.38. The number of nitrogens with zero attached hydrogens (tertiary/aromatic N) is 1. The number of hydrogen-bond acceptors (Lipinski definition) is 3. The molecule has 1 rings (SSSR count). The van der Waals surface area contributed by atoms with Crippen molar-refractivity contribution in [2.24, 2.45) is 5.92 Å². The summed E-state index contributed by atoms with van der Waals surface area (Å²) >= 11 is 0. The number of aryl methyl sites for hydroxylation is 1. The van der Waals surface area contributed by atoms with E-state index in [1.54, 1.807) is 0 Å². The largest absolute Gasteiger partial charge is 0.361 e. The second-order valence-corrected chi connectivity index (χ2v) is 4.34. The van der Waals surface area contributed by atoms with E-state index in [0.717, 1.165) is 23.9 Å². The van der Waals surface area contributed by atoms with Crippen LogP contribution in [0, 0.1) is 12.8 Å². The molecule has 1 heterocycles. The van der Waals surface area contributed by atoms with Crippen LogP contribution in [0.4, 0.5) is 0 Å². The summed E-state index contributed by atoms with van der Waals surface area (Å²) < 4.78 is 4.99. The first-order valence-corrected chi connectivity index (χ1v) is 5.23. The monoisotopic (exact) mass is 196 g/mol. The van der Waals surface area contributed by atoms with Crippen molar-refractivity contribution in [3.05, 3.63) is 17.5 Å². The SMILES string of the molecule is Cc1cc(CNC(C)CC(C)C)no1. The zero-order valence-corrected chi connectivity index (χ0v) is 9.50. The topological polar surface area (TPSA) is 38.1 Å². The summed E-state index contributed by atoms with van der Waals surface area (Å²) in [6.07, 6.45) is 1.19.